The summed E-state index contributed by atoms with van der Waals surface area (Å²) in [7, 11) is 5.12. The Hall–Kier alpha value is -6.47. The lowest BCUT2D eigenvalue weighted by Gasteiger charge is -2.19. The number of nitrogens with zero attached hydrogens (tertiary/aromatic N) is 4. The number of anilines is 1. The van der Waals surface area contributed by atoms with Crippen molar-refractivity contribution in [2.45, 2.75) is 27.7 Å². The van der Waals surface area contributed by atoms with Crippen LogP contribution in [0.2, 0.25) is 0 Å². The number of allylic oxidation sites excluding steroid dienone is 2. The number of rotatable bonds is 6. The molecular formula is C45H40BF2N4O3+. The number of carboxylic acid groups (broad SMARTS) is 1. The molecule has 1 aliphatic carbocycles. The van der Waals surface area contributed by atoms with Crippen molar-refractivity contribution in [2.75, 3.05) is 33.1 Å². The third kappa shape index (κ3) is 6.90. The number of carboxylic acids is 1. The van der Waals surface area contributed by atoms with Gasteiger partial charge in [-0.15, -0.1) is 0 Å². The van der Waals surface area contributed by atoms with Crippen LogP contribution in [-0.4, -0.2) is 56.9 Å². The highest BCUT2D eigenvalue weighted by Crippen LogP contribution is 2.42. The third-order valence-electron chi connectivity index (χ3n) is 9.94. The minimum absolute atomic E-state index is 0.115. The molecule has 0 bridgehead atoms. The fraction of sp³-hybridized carbons (Fsp3) is 0.178. The monoisotopic (exact) mass is 733 g/mol. The van der Waals surface area contributed by atoms with E-state index in [0.29, 0.717) is 50.7 Å². The molecule has 0 amide bonds. The molecule has 3 aliphatic rings. The Morgan fingerprint density at radius 3 is 2.20 bits per heavy atom. The van der Waals surface area contributed by atoms with E-state index in [1.165, 1.54) is 0 Å². The van der Waals surface area contributed by atoms with Crippen molar-refractivity contribution in [1.82, 2.24) is 9.05 Å². The van der Waals surface area contributed by atoms with E-state index in [0.717, 1.165) is 54.4 Å². The molecular weight excluding hydrogens is 693 g/mol. The summed E-state index contributed by atoms with van der Waals surface area (Å²) >= 11 is 0. The van der Waals surface area contributed by atoms with E-state index >= 15 is 0 Å². The molecule has 4 aromatic rings. The quantitative estimate of drug-likeness (QED) is 0.0805. The number of fused-ring (bicyclic) bond motifs is 2. The van der Waals surface area contributed by atoms with Gasteiger partial charge < -0.3 is 18.9 Å². The molecule has 7 nitrogen and oxygen atoms in total. The van der Waals surface area contributed by atoms with Crippen LogP contribution >= 0.6 is 0 Å². The Bertz CT molecular complexity index is 2750. The molecule has 1 N–H and O–H groups in total. The number of carbonyl (C=O) groups is 1. The maximum atomic E-state index is 14.4. The van der Waals surface area contributed by atoms with Gasteiger partial charge in [-0.05, 0) is 105 Å². The van der Waals surface area contributed by atoms with Crippen LogP contribution in [0.25, 0.3) is 39.0 Å². The van der Waals surface area contributed by atoms with Gasteiger partial charge in [-0.25, -0.2) is 9.37 Å². The second kappa shape index (κ2) is 14.4. The average molecular weight is 734 g/mol. The number of hydrogen-bond acceptors (Lipinski definition) is 4. The highest BCUT2D eigenvalue weighted by molar-refractivity contribution is 6.41. The SMILES string of the molecule is CC1=CC(C)=N/C1=C(/c1ccc(C#Cc2ccc(-c3c4ccc(=[N+](C)C)cc-4oc4cc(N(C)C)ccc34)c(C(=O)O)c2)cc1)c1c(C)cc(C)n1B(F)F. The molecule has 0 saturated heterocycles. The first-order chi connectivity index (χ1) is 26.2. The predicted octanol–water partition coefficient (Wildman–Crippen LogP) is 8.77. The average Bonchev–Trinajstić information content (AvgIpc) is 3.64. The van der Waals surface area contributed by atoms with Crippen LogP contribution in [0, 0.1) is 25.7 Å². The molecule has 7 rings (SSSR count). The minimum atomic E-state index is -2.72. The molecule has 3 heterocycles. The predicted molar refractivity (Wildman–Crippen MR) is 219 cm³/mol. The minimum Gasteiger partial charge on any atom is -0.478 e. The van der Waals surface area contributed by atoms with Crippen LogP contribution in [0.4, 0.5) is 14.3 Å². The van der Waals surface area contributed by atoms with Crippen molar-refractivity contribution < 1.29 is 22.9 Å². The smallest absolute Gasteiger partial charge is 0.478 e. The van der Waals surface area contributed by atoms with Crippen LogP contribution in [0.1, 0.15) is 57.8 Å². The van der Waals surface area contributed by atoms with E-state index in [9.17, 15) is 18.5 Å². The molecule has 55 heavy (non-hydrogen) atoms. The number of hydrogen-bond donors (Lipinski definition) is 1. The van der Waals surface area contributed by atoms with Gasteiger partial charge in [0.1, 0.15) is 25.4 Å². The fourth-order valence-corrected chi connectivity index (χ4v) is 7.30. The summed E-state index contributed by atoms with van der Waals surface area (Å²) in [6, 6.07) is 26.3. The number of halogens is 2. The summed E-state index contributed by atoms with van der Waals surface area (Å²) in [5, 5.41) is 12.3. The normalized spacial score (nSPS) is 13.3. The Morgan fingerprint density at radius 2 is 1.56 bits per heavy atom. The maximum absolute atomic E-state index is 14.4. The van der Waals surface area contributed by atoms with Gasteiger partial charge in [-0.3, -0.25) is 13.6 Å². The standard InChI is InChI=1S/C45H39BF2N4O3/c1-26-21-28(3)49-43(26)41(44-27(2)22-29(4)52(44)46(47)48)32-14-11-30(12-15-32)9-10-31-13-18-35(38(23-31)45(53)54)42-36-19-16-33(50(5)6)24-39(36)55-40-25-34(51(7)8)17-20-37(40)42/h11-25H,1-8H3/p+1. The number of aromatic carboxylic acids is 1. The van der Waals surface area contributed by atoms with E-state index < -0.39 is 13.4 Å². The van der Waals surface area contributed by atoms with E-state index in [1.54, 1.807) is 19.1 Å². The van der Waals surface area contributed by atoms with Gasteiger partial charge in [0, 0.05) is 82.2 Å². The van der Waals surface area contributed by atoms with Crippen molar-refractivity contribution in [1.29, 1.82) is 0 Å². The third-order valence-corrected chi connectivity index (χ3v) is 9.94. The van der Waals surface area contributed by atoms with Gasteiger partial charge in [0.25, 0.3) is 0 Å². The van der Waals surface area contributed by atoms with Crippen LogP contribution in [0.15, 0.2) is 112 Å². The van der Waals surface area contributed by atoms with Crippen LogP contribution in [0.5, 0.6) is 0 Å². The molecule has 0 spiro atoms. The van der Waals surface area contributed by atoms with Crippen LogP contribution < -0.4 is 14.8 Å². The number of benzene rings is 4. The van der Waals surface area contributed by atoms with Gasteiger partial charge in [0.2, 0.25) is 5.36 Å². The molecule has 2 aliphatic heterocycles. The van der Waals surface area contributed by atoms with Gasteiger partial charge in [0.15, 0.2) is 0 Å². The Balaban J connectivity index is 1.31. The zero-order chi connectivity index (χ0) is 39.3. The molecule has 0 fully saturated rings. The topological polar surface area (TPSA) is 74.0 Å². The lowest BCUT2D eigenvalue weighted by Crippen LogP contribution is -2.21. The number of aryl methyl sites for hydroxylation is 2. The van der Waals surface area contributed by atoms with E-state index in [4.69, 9.17) is 9.41 Å². The van der Waals surface area contributed by atoms with E-state index in [-0.39, 0.29) is 5.56 Å². The Morgan fingerprint density at radius 1 is 0.873 bits per heavy atom. The highest BCUT2D eigenvalue weighted by Gasteiger charge is 2.29. The first-order valence-corrected chi connectivity index (χ1v) is 17.9. The molecule has 3 aromatic carbocycles. The first-order valence-electron chi connectivity index (χ1n) is 17.9. The van der Waals surface area contributed by atoms with Gasteiger partial charge >= 0.3 is 13.4 Å². The van der Waals surface area contributed by atoms with Gasteiger partial charge in [-0.1, -0.05) is 30.0 Å². The molecule has 0 unspecified atom stereocenters. The summed E-state index contributed by atoms with van der Waals surface area (Å²) < 4.78 is 38.3. The van der Waals surface area contributed by atoms with Crippen molar-refractivity contribution in [3.8, 4) is 34.3 Å². The summed E-state index contributed by atoms with van der Waals surface area (Å²) in [5.41, 5.74) is 10.4. The molecule has 0 atom stereocenters. The lowest BCUT2D eigenvalue weighted by atomic mass is 9.89. The molecule has 1 aromatic heterocycles. The van der Waals surface area contributed by atoms with E-state index in [2.05, 4.69) is 11.8 Å². The van der Waals surface area contributed by atoms with Crippen LogP contribution in [-0.2, 0) is 0 Å². The molecule has 10 heteroatoms. The summed E-state index contributed by atoms with van der Waals surface area (Å²) in [4.78, 5) is 19.6. The van der Waals surface area contributed by atoms with Crippen molar-refractivity contribution in [2.24, 2.45) is 4.99 Å². The second-order valence-electron chi connectivity index (χ2n) is 14.3. The summed E-state index contributed by atoms with van der Waals surface area (Å²) in [6.45, 7) is 7.34. The largest absolute Gasteiger partial charge is 0.677 e. The second-order valence-corrected chi connectivity index (χ2v) is 14.3. The zero-order valence-electron chi connectivity index (χ0n) is 32.0. The van der Waals surface area contributed by atoms with Gasteiger partial charge in [0.05, 0.1) is 17.3 Å². The van der Waals surface area contributed by atoms with Crippen molar-refractivity contribution in [3.63, 3.8) is 0 Å². The van der Waals surface area contributed by atoms with Gasteiger partial charge in [-0.2, -0.15) is 0 Å². The zero-order valence-corrected chi connectivity index (χ0v) is 32.0. The fourth-order valence-electron chi connectivity index (χ4n) is 7.30. The van der Waals surface area contributed by atoms with E-state index in [1.807, 2.05) is 137 Å². The lowest BCUT2D eigenvalue weighted by molar-refractivity contribution is 0.0697. The number of aliphatic imine (C=N–C) groups is 1. The Kier molecular flexibility index (Phi) is 9.66. The first kappa shape index (κ1) is 36.9. The maximum Gasteiger partial charge on any atom is 0.677 e. The molecule has 274 valence electrons. The highest BCUT2D eigenvalue weighted by atomic mass is 19.2. The number of aromatic nitrogens is 1. The summed E-state index contributed by atoms with van der Waals surface area (Å²) in [5.74, 6) is 5.88. The summed E-state index contributed by atoms with van der Waals surface area (Å²) in [6.07, 6.45) is 1.95. The van der Waals surface area contributed by atoms with Crippen molar-refractivity contribution in [3.05, 3.63) is 147 Å². The van der Waals surface area contributed by atoms with Crippen molar-refractivity contribution >= 4 is 41.3 Å². The molecule has 0 radical (unpaired) electrons. The molecule has 0 saturated carbocycles. The Labute approximate surface area is 319 Å². The van der Waals surface area contributed by atoms with Crippen LogP contribution in [0.3, 0.4) is 0 Å².